The van der Waals surface area contributed by atoms with E-state index in [1.54, 1.807) is 0 Å². The summed E-state index contributed by atoms with van der Waals surface area (Å²) in [5.74, 6) is -0.704. The lowest BCUT2D eigenvalue weighted by Crippen LogP contribution is -2.38. The van der Waals surface area contributed by atoms with E-state index in [1.165, 1.54) is 0 Å². The monoisotopic (exact) mass is 754 g/mol. The molecule has 4 rings (SSSR count). The number of aliphatic hydroxyl groups excluding tert-OH is 4. The van der Waals surface area contributed by atoms with Crippen molar-refractivity contribution in [1.29, 1.82) is 0 Å². The van der Waals surface area contributed by atoms with Gasteiger partial charge in [-0.2, -0.15) is 4.31 Å². The van der Waals surface area contributed by atoms with E-state index in [0.717, 1.165) is 26.6 Å². The quantitative estimate of drug-likeness (QED) is 0.0826. The van der Waals surface area contributed by atoms with Gasteiger partial charge in [0.2, 0.25) is 11.5 Å². The fourth-order valence-electron chi connectivity index (χ4n) is 4.38. The first-order chi connectivity index (χ1) is 22.4. The molecule has 2 aromatic rings. The van der Waals surface area contributed by atoms with Crippen LogP contribution in [0.2, 0.25) is 0 Å². The fourth-order valence-corrected chi connectivity index (χ4v) is 7.51. The zero-order valence-electron chi connectivity index (χ0n) is 24.3. The summed E-state index contributed by atoms with van der Waals surface area (Å²) in [5, 5.41) is 41.2. The van der Waals surface area contributed by atoms with Crippen molar-refractivity contribution in [3.63, 3.8) is 0 Å². The molecule has 2 aromatic heterocycles. The van der Waals surface area contributed by atoms with E-state index in [1.807, 2.05) is 9.97 Å². The highest BCUT2D eigenvalue weighted by molar-refractivity contribution is 7.65. The molecule has 0 amide bonds. The number of methoxy groups -OCH3 is 2. The van der Waals surface area contributed by atoms with Crippen LogP contribution in [0.3, 0.4) is 0 Å². The number of H-pyrrole nitrogens is 2. The highest BCUT2D eigenvalue weighted by atomic mass is 31.3. The van der Waals surface area contributed by atoms with Crippen LogP contribution in [0, 0.1) is 0 Å². The van der Waals surface area contributed by atoms with E-state index >= 15 is 0 Å². The number of ether oxygens (including phenoxy) is 4. The summed E-state index contributed by atoms with van der Waals surface area (Å²) in [6, 6.07) is 0. The van der Waals surface area contributed by atoms with Crippen LogP contribution in [-0.4, -0.2) is 118 Å². The van der Waals surface area contributed by atoms with Crippen LogP contribution in [0.15, 0.2) is 31.6 Å². The molecule has 48 heavy (non-hydrogen) atoms. The summed E-state index contributed by atoms with van der Waals surface area (Å²) >= 11 is 0. The Bertz CT molecular complexity index is 1790. The third kappa shape index (κ3) is 8.54. The van der Waals surface area contributed by atoms with Crippen LogP contribution in [0.4, 0.5) is 0 Å². The molecule has 0 spiro atoms. The van der Waals surface area contributed by atoms with E-state index in [4.69, 9.17) is 23.5 Å². The van der Waals surface area contributed by atoms with E-state index in [9.17, 15) is 63.4 Å². The molecule has 28 heteroatoms. The maximum atomic E-state index is 12.3. The average Bonchev–Trinajstić information content (AvgIpc) is 3.43. The van der Waals surface area contributed by atoms with Crippen molar-refractivity contribution in [3.8, 4) is 11.5 Å². The minimum Gasteiger partial charge on any atom is -0.490 e. The maximum Gasteiger partial charge on any atom is 0.487 e. The Morgan fingerprint density at radius 1 is 0.771 bits per heavy atom. The largest absolute Gasteiger partial charge is 0.490 e. The first kappa shape index (κ1) is 38.1. The lowest BCUT2D eigenvalue weighted by atomic mass is 10.1. The molecule has 2 aliphatic rings. The second-order valence-corrected chi connectivity index (χ2v) is 13.9. The number of aromatic nitrogens is 4. The number of rotatable bonds is 14. The summed E-state index contributed by atoms with van der Waals surface area (Å²) < 4.78 is 63.8. The van der Waals surface area contributed by atoms with Gasteiger partial charge >= 0.3 is 35.6 Å². The molecule has 11 atom stereocenters. The molecule has 0 aliphatic carbocycles. The van der Waals surface area contributed by atoms with Crippen LogP contribution < -0.4 is 32.0 Å². The normalized spacial score (nSPS) is 30.4. The van der Waals surface area contributed by atoms with Crippen molar-refractivity contribution in [3.05, 3.63) is 54.1 Å². The predicted molar refractivity (Wildman–Crippen MR) is 150 cm³/mol. The fraction of sp³-hybridized carbons (Fsp3) is 0.600. The smallest absolute Gasteiger partial charge is 0.487 e. The van der Waals surface area contributed by atoms with Crippen molar-refractivity contribution in [1.82, 2.24) is 19.1 Å². The van der Waals surface area contributed by atoms with Gasteiger partial charge in [-0.1, -0.05) is 0 Å². The Kier molecular flexibility index (Phi) is 12.0. The Labute approximate surface area is 266 Å². The van der Waals surface area contributed by atoms with Crippen LogP contribution in [0.25, 0.3) is 0 Å². The zero-order valence-corrected chi connectivity index (χ0v) is 27.0. The first-order valence-electron chi connectivity index (χ1n) is 13.0. The molecule has 0 bridgehead atoms. The molecule has 2 saturated heterocycles. The molecule has 0 saturated carbocycles. The topological polar surface area (TPSA) is 359 Å². The molecule has 4 heterocycles. The summed E-state index contributed by atoms with van der Waals surface area (Å²) in [4.78, 5) is 81.2. The van der Waals surface area contributed by atoms with Crippen molar-refractivity contribution in [2.75, 3.05) is 27.4 Å². The third-order valence-electron chi connectivity index (χ3n) is 6.66. The Morgan fingerprint density at radius 3 is 1.65 bits per heavy atom. The molecular formula is C20H29N4O21P3. The SMILES string of the molecule is COc1cn([C@@H]2O[C@H](CO[P@](O)OP(=O)(O)OP(=O)(O)OC[C@H]3O[C@@H](n4cc(OC)c(=O)[nH]c4=O)[C@H](O)[C@@H]3O)[C@@H](O)[C@H]2O)c(=O)[nH]c1=O. The van der Waals surface area contributed by atoms with E-state index in [-0.39, 0.29) is 11.5 Å². The van der Waals surface area contributed by atoms with Crippen LogP contribution in [-0.2, 0) is 36.3 Å². The number of aliphatic hydroxyl groups is 4. The van der Waals surface area contributed by atoms with Crippen molar-refractivity contribution >= 4 is 24.2 Å². The molecule has 2 fully saturated rings. The highest BCUT2D eigenvalue weighted by Crippen LogP contribution is 2.65. The van der Waals surface area contributed by atoms with Gasteiger partial charge in [-0.3, -0.25) is 33.2 Å². The van der Waals surface area contributed by atoms with Crippen LogP contribution >= 0.6 is 24.2 Å². The first-order valence-corrected chi connectivity index (χ1v) is 17.1. The van der Waals surface area contributed by atoms with Gasteiger partial charge in [-0.25, -0.2) is 23.0 Å². The lowest BCUT2D eigenvalue weighted by Gasteiger charge is -2.21. The highest BCUT2D eigenvalue weighted by Gasteiger charge is 2.47. The van der Waals surface area contributed by atoms with Gasteiger partial charge in [0.05, 0.1) is 39.8 Å². The predicted octanol–water partition coefficient (Wildman–Crippen LogP) is -4.17. The maximum absolute atomic E-state index is 12.3. The van der Waals surface area contributed by atoms with Gasteiger partial charge in [0.25, 0.3) is 11.1 Å². The van der Waals surface area contributed by atoms with Gasteiger partial charge in [0.1, 0.15) is 36.6 Å². The summed E-state index contributed by atoms with van der Waals surface area (Å²) in [6.45, 7) is -1.95. The molecule has 25 nitrogen and oxygen atoms in total. The molecule has 2 unspecified atom stereocenters. The molecule has 0 radical (unpaired) electrons. The number of nitrogens with one attached hydrogen (secondary N) is 2. The Hall–Kier alpha value is -2.67. The number of hydrogen-bond acceptors (Lipinski definition) is 19. The number of nitrogens with zero attached hydrogens (tertiary/aromatic N) is 2. The van der Waals surface area contributed by atoms with Gasteiger partial charge < -0.3 is 58.6 Å². The van der Waals surface area contributed by atoms with Gasteiger partial charge in [-0.15, -0.1) is 0 Å². The number of phosphoric acid groups is 2. The van der Waals surface area contributed by atoms with Gasteiger partial charge in [0, 0.05) is 0 Å². The van der Waals surface area contributed by atoms with Crippen LogP contribution in [0.1, 0.15) is 12.5 Å². The second-order valence-electron chi connectivity index (χ2n) is 9.75. The van der Waals surface area contributed by atoms with E-state index in [2.05, 4.69) is 13.1 Å². The summed E-state index contributed by atoms with van der Waals surface area (Å²) in [5.41, 5.74) is -3.92. The number of phosphoric ester groups is 1. The van der Waals surface area contributed by atoms with Gasteiger partial charge in [-0.05, 0) is 0 Å². The minimum atomic E-state index is -5.68. The lowest BCUT2D eigenvalue weighted by molar-refractivity contribution is -0.0546. The van der Waals surface area contributed by atoms with Gasteiger partial charge in [0.15, 0.2) is 12.5 Å². The summed E-state index contributed by atoms with van der Waals surface area (Å²) in [6.07, 6.45) is -11.9. The van der Waals surface area contributed by atoms with Crippen molar-refractivity contribution < 1.29 is 80.9 Å². The average molecular weight is 754 g/mol. The van der Waals surface area contributed by atoms with Crippen molar-refractivity contribution in [2.45, 2.75) is 49.1 Å². The second kappa shape index (κ2) is 15.1. The standard InChI is InChI=1S/C20H29N4O21P3/c1-38-7-3-23(19(31)21-15(7)29)17-13(27)11(25)9(42-17)5-40-46(33)44-48(36,37)45-47(34,35)41-6-10-12(26)14(28)18(43-10)24-4-8(39-2)16(30)22-20(24)32/h3-4,9-14,17-18,25-28,33H,5-6H2,1-2H3,(H,34,35)(H,36,37)(H,21,29,31)(H,22,30,32)/t9-,10-,11-,12-,13-,14-,17-,18-,46+/m1/s1. The third-order valence-corrected chi connectivity index (χ3v) is 10.5. The molecule has 9 N–H and O–H groups in total. The molecule has 0 aromatic carbocycles. The molecule has 2 aliphatic heterocycles. The Balaban J connectivity index is 1.30. The number of hydrogen-bond donors (Lipinski definition) is 9. The van der Waals surface area contributed by atoms with Crippen LogP contribution in [0.5, 0.6) is 11.5 Å². The number of aromatic amines is 2. The van der Waals surface area contributed by atoms with E-state index in [0.29, 0.717) is 9.13 Å². The van der Waals surface area contributed by atoms with Crippen molar-refractivity contribution in [2.24, 2.45) is 0 Å². The summed E-state index contributed by atoms with van der Waals surface area (Å²) in [7, 11) is -12.5. The zero-order chi connectivity index (χ0) is 35.7. The molecular weight excluding hydrogens is 725 g/mol. The minimum absolute atomic E-state index is 0.340. The Morgan fingerprint density at radius 2 is 1.21 bits per heavy atom. The van der Waals surface area contributed by atoms with E-state index < -0.39 is 109 Å². The molecule has 270 valence electrons.